The molecule has 8 heteroatoms. The molecule has 8 nitrogen and oxygen atoms in total. The minimum Gasteiger partial charge on any atom is -0.466 e. The first-order valence-corrected chi connectivity index (χ1v) is 5.98. The summed E-state index contributed by atoms with van der Waals surface area (Å²) in [5.74, 6) is -0.987. The summed E-state index contributed by atoms with van der Waals surface area (Å²) in [4.78, 5) is 22.8. The molecule has 104 valence electrons. The van der Waals surface area contributed by atoms with Gasteiger partial charge in [-0.1, -0.05) is 6.07 Å². The van der Waals surface area contributed by atoms with E-state index in [4.69, 9.17) is 4.74 Å². The van der Waals surface area contributed by atoms with Gasteiger partial charge in [-0.15, -0.1) is 5.10 Å². The summed E-state index contributed by atoms with van der Waals surface area (Å²) < 4.78 is 6.16. The molecule has 20 heavy (non-hydrogen) atoms. The zero-order chi connectivity index (χ0) is 14.4. The van der Waals surface area contributed by atoms with Gasteiger partial charge in [0.05, 0.1) is 12.3 Å². The normalized spacial score (nSPS) is 10.1. The van der Waals surface area contributed by atoms with E-state index in [1.807, 2.05) is 0 Å². The summed E-state index contributed by atoms with van der Waals surface area (Å²) in [6, 6.07) is 6.94. The molecule has 0 atom stereocenters. The molecule has 0 aliphatic heterocycles. The van der Waals surface area contributed by atoms with Crippen LogP contribution in [-0.4, -0.2) is 38.7 Å². The van der Waals surface area contributed by atoms with Crippen molar-refractivity contribution in [1.29, 1.82) is 0 Å². The van der Waals surface area contributed by atoms with Crippen molar-refractivity contribution in [2.75, 3.05) is 11.9 Å². The lowest BCUT2D eigenvalue weighted by atomic mass is 10.2. The van der Waals surface area contributed by atoms with Crippen LogP contribution in [0.2, 0.25) is 0 Å². The number of hydrogen-bond donors (Lipinski definition) is 1. The maximum Gasteiger partial charge on any atom is 0.315 e. The predicted octanol–water partition coefficient (Wildman–Crippen LogP) is 0.554. The van der Waals surface area contributed by atoms with Crippen molar-refractivity contribution < 1.29 is 14.3 Å². The predicted molar refractivity (Wildman–Crippen MR) is 69.0 cm³/mol. The first kappa shape index (κ1) is 13.7. The fourth-order valence-corrected chi connectivity index (χ4v) is 1.55. The van der Waals surface area contributed by atoms with Crippen LogP contribution in [0.3, 0.4) is 0 Å². The number of carbonyl (C=O) groups is 2. The van der Waals surface area contributed by atoms with Crippen LogP contribution >= 0.6 is 0 Å². The van der Waals surface area contributed by atoms with Gasteiger partial charge in [0.2, 0.25) is 5.91 Å². The van der Waals surface area contributed by atoms with Crippen LogP contribution in [0.1, 0.15) is 13.3 Å². The first-order chi connectivity index (χ1) is 9.69. The van der Waals surface area contributed by atoms with Crippen LogP contribution in [-0.2, 0) is 14.3 Å². The highest BCUT2D eigenvalue weighted by Gasteiger charge is 2.10. The van der Waals surface area contributed by atoms with Crippen molar-refractivity contribution in [3.05, 3.63) is 30.6 Å². The van der Waals surface area contributed by atoms with E-state index in [0.717, 1.165) is 0 Å². The van der Waals surface area contributed by atoms with Crippen molar-refractivity contribution >= 4 is 17.6 Å². The third-order valence-electron chi connectivity index (χ3n) is 2.35. The number of nitrogens with zero attached hydrogens (tertiary/aromatic N) is 4. The SMILES string of the molecule is CCOC(=O)CC(=O)Nc1cccc(-n2cnnn2)c1. The third kappa shape index (κ3) is 3.61. The maximum absolute atomic E-state index is 11.6. The largest absolute Gasteiger partial charge is 0.466 e. The minimum absolute atomic E-state index is 0.251. The Labute approximate surface area is 114 Å². The van der Waals surface area contributed by atoms with E-state index in [1.165, 1.54) is 11.0 Å². The highest BCUT2D eigenvalue weighted by atomic mass is 16.5. The Morgan fingerprint density at radius 1 is 1.40 bits per heavy atom. The highest BCUT2D eigenvalue weighted by molar-refractivity contribution is 6.01. The number of ether oxygens (including phenoxy) is 1. The molecular weight excluding hydrogens is 262 g/mol. The van der Waals surface area contributed by atoms with E-state index < -0.39 is 11.9 Å². The molecule has 0 spiro atoms. The summed E-state index contributed by atoms with van der Waals surface area (Å²) in [5, 5.41) is 13.4. The maximum atomic E-state index is 11.6. The van der Waals surface area contributed by atoms with Crippen LogP contribution in [0.4, 0.5) is 5.69 Å². The topological polar surface area (TPSA) is 99.0 Å². The number of amides is 1. The van der Waals surface area contributed by atoms with Crippen LogP contribution in [0.25, 0.3) is 5.69 Å². The van der Waals surface area contributed by atoms with E-state index in [2.05, 4.69) is 20.8 Å². The van der Waals surface area contributed by atoms with E-state index in [-0.39, 0.29) is 13.0 Å². The molecule has 0 aliphatic rings. The highest BCUT2D eigenvalue weighted by Crippen LogP contribution is 2.13. The molecule has 1 N–H and O–H groups in total. The zero-order valence-corrected chi connectivity index (χ0v) is 10.8. The Bertz CT molecular complexity index is 597. The van der Waals surface area contributed by atoms with Crippen molar-refractivity contribution in [2.24, 2.45) is 0 Å². The molecule has 2 rings (SSSR count). The van der Waals surface area contributed by atoms with Gasteiger partial charge in [0.25, 0.3) is 0 Å². The van der Waals surface area contributed by atoms with Gasteiger partial charge in [0.1, 0.15) is 12.7 Å². The van der Waals surface area contributed by atoms with Gasteiger partial charge >= 0.3 is 5.97 Å². The average molecular weight is 275 g/mol. The van der Waals surface area contributed by atoms with Crippen LogP contribution in [0.15, 0.2) is 30.6 Å². The van der Waals surface area contributed by atoms with Crippen molar-refractivity contribution in [3.63, 3.8) is 0 Å². The molecule has 1 amide bonds. The van der Waals surface area contributed by atoms with Gasteiger partial charge in [0.15, 0.2) is 0 Å². The molecule has 0 fully saturated rings. The number of aromatic nitrogens is 4. The van der Waals surface area contributed by atoms with Crippen LogP contribution in [0.5, 0.6) is 0 Å². The van der Waals surface area contributed by atoms with Gasteiger partial charge in [-0.2, -0.15) is 0 Å². The molecular formula is C12H13N5O3. The van der Waals surface area contributed by atoms with Crippen LogP contribution in [0, 0.1) is 0 Å². The quantitative estimate of drug-likeness (QED) is 0.632. The zero-order valence-electron chi connectivity index (χ0n) is 10.8. The minimum atomic E-state index is -0.554. The first-order valence-electron chi connectivity index (χ1n) is 5.98. The standard InChI is InChI=1S/C12H13N5O3/c1-2-20-12(19)7-11(18)14-9-4-3-5-10(6-9)17-8-13-15-16-17/h3-6,8H,2,7H2,1H3,(H,14,18). The summed E-state index contributed by atoms with van der Waals surface area (Å²) >= 11 is 0. The molecule has 1 aromatic heterocycles. The number of tetrazole rings is 1. The summed E-state index contributed by atoms with van der Waals surface area (Å²) in [7, 11) is 0. The molecule has 1 heterocycles. The van der Waals surface area contributed by atoms with Crippen molar-refractivity contribution in [1.82, 2.24) is 20.2 Å². The van der Waals surface area contributed by atoms with E-state index in [0.29, 0.717) is 11.4 Å². The number of esters is 1. The van der Waals surface area contributed by atoms with Gasteiger partial charge in [-0.25, -0.2) is 4.68 Å². The van der Waals surface area contributed by atoms with Gasteiger partial charge < -0.3 is 10.1 Å². The lowest BCUT2D eigenvalue weighted by Crippen LogP contribution is -2.18. The number of nitrogens with one attached hydrogen (secondary N) is 1. The Kier molecular flexibility index (Phi) is 4.38. The Morgan fingerprint density at radius 3 is 2.95 bits per heavy atom. The number of benzene rings is 1. The summed E-state index contributed by atoms with van der Waals surface area (Å²) in [5.41, 5.74) is 1.25. The number of hydrogen-bond acceptors (Lipinski definition) is 6. The van der Waals surface area contributed by atoms with Crippen molar-refractivity contribution in [3.8, 4) is 5.69 Å². The molecule has 0 aliphatic carbocycles. The molecule has 0 bridgehead atoms. The molecule has 0 unspecified atom stereocenters. The number of rotatable bonds is 5. The van der Waals surface area contributed by atoms with Gasteiger partial charge in [-0.05, 0) is 35.5 Å². The molecule has 0 radical (unpaired) electrons. The fourth-order valence-electron chi connectivity index (χ4n) is 1.55. The fraction of sp³-hybridized carbons (Fsp3) is 0.250. The van der Waals surface area contributed by atoms with E-state index in [1.54, 1.807) is 31.2 Å². The number of carbonyl (C=O) groups excluding carboxylic acids is 2. The second-order valence-electron chi connectivity index (χ2n) is 3.83. The Morgan fingerprint density at radius 2 is 2.25 bits per heavy atom. The van der Waals surface area contributed by atoms with E-state index in [9.17, 15) is 9.59 Å². The number of anilines is 1. The second kappa shape index (κ2) is 6.41. The smallest absolute Gasteiger partial charge is 0.315 e. The lowest BCUT2D eigenvalue weighted by Gasteiger charge is -2.06. The van der Waals surface area contributed by atoms with Crippen molar-refractivity contribution in [2.45, 2.75) is 13.3 Å². The molecule has 2 aromatic rings. The summed E-state index contributed by atoms with van der Waals surface area (Å²) in [6.45, 7) is 1.94. The molecule has 0 saturated carbocycles. The third-order valence-corrected chi connectivity index (χ3v) is 2.35. The van der Waals surface area contributed by atoms with E-state index >= 15 is 0 Å². The van der Waals surface area contributed by atoms with Gasteiger partial charge in [0, 0.05) is 5.69 Å². The van der Waals surface area contributed by atoms with Gasteiger partial charge in [-0.3, -0.25) is 9.59 Å². The van der Waals surface area contributed by atoms with Crippen LogP contribution < -0.4 is 5.32 Å². The Balaban J connectivity index is 2.01. The lowest BCUT2D eigenvalue weighted by molar-refractivity contribution is -0.145. The average Bonchev–Trinajstić information content (AvgIpc) is 2.92. The molecule has 1 aromatic carbocycles. The monoisotopic (exact) mass is 275 g/mol. The summed E-state index contributed by atoms with van der Waals surface area (Å²) in [6.07, 6.45) is 1.13. The molecule has 0 saturated heterocycles. The Hall–Kier alpha value is -2.77. The second-order valence-corrected chi connectivity index (χ2v) is 3.83.